The highest BCUT2D eigenvalue weighted by atomic mass is 32.1. The van der Waals surface area contributed by atoms with Crippen LogP contribution < -0.4 is 0 Å². The van der Waals surface area contributed by atoms with Crippen molar-refractivity contribution in [1.29, 1.82) is 0 Å². The van der Waals surface area contributed by atoms with Crippen LogP contribution in [0.2, 0.25) is 0 Å². The van der Waals surface area contributed by atoms with Crippen molar-refractivity contribution in [2.75, 3.05) is 0 Å². The van der Waals surface area contributed by atoms with Gasteiger partial charge >= 0.3 is 0 Å². The fourth-order valence-corrected chi connectivity index (χ4v) is 11.7. The van der Waals surface area contributed by atoms with Gasteiger partial charge in [0, 0.05) is 75.2 Å². The predicted octanol–water partition coefficient (Wildman–Crippen LogP) is 16.4. The van der Waals surface area contributed by atoms with Crippen LogP contribution in [0.4, 0.5) is 0 Å². The third-order valence-electron chi connectivity index (χ3n) is 13.4. The molecule has 0 atom stereocenters. The zero-order chi connectivity index (χ0) is 42.6. The van der Waals surface area contributed by atoms with E-state index in [1.54, 1.807) is 0 Å². The molecule has 14 aromatic rings. The molecule has 4 aromatic heterocycles. The first-order chi connectivity index (χ1) is 32.2. The molecule has 0 N–H and O–H groups in total. The highest BCUT2D eigenvalue weighted by Gasteiger charge is 2.20. The summed E-state index contributed by atoms with van der Waals surface area (Å²) >= 11 is 1.86. The second-order valence-corrected chi connectivity index (χ2v) is 18.0. The molecule has 65 heavy (non-hydrogen) atoms. The smallest absolute Gasteiger partial charge is 0.0782 e. The minimum absolute atomic E-state index is 1.09. The number of aromatic nitrogens is 4. The van der Waals surface area contributed by atoms with Crippen LogP contribution >= 0.6 is 11.3 Å². The highest BCUT2D eigenvalue weighted by molar-refractivity contribution is 7.25. The van der Waals surface area contributed by atoms with Crippen LogP contribution in [0.1, 0.15) is 0 Å². The summed E-state index contributed by atoms with van der Waals surface area (Å²) in [5, 5.41) is 9.68. The Hall–Kier alpha value is -8.38. The van der Waals surface area contributed by atoms with E-state index in [-0.39, 0.29) is 0 Å². The Kier molecular flexibility index (Phi) is 7.82. The number of thiophene rings is 1. The molecule has 304 valence electrons. The van der Waals surface area contributed by atoms with E-state index in [1.807, 2.05) is 11.3 Å². The molecule has 0 fully saturated rings. The van der Waals surface area contributed by atoms with Gasteiger partial charge in [0.25, 0.3) is 0 Å². The van der Waals surface area contributed by atoms with Crippen LogP contribution in [0.25, 0.3) is 119 Å². The Labute approximate surface area is 377 Å². The number of benzene rings is 10. The molecule has 0 saturated heterocycles. The van der Waals surface area contributed by atoms with E-state index >= 15 is 0 Å². The van der Waals surface area contributed by atoms with Crippen molar-refractivity contribution in [2.24, 2.45) is 0 Å². The molecule has 0 saturated carbocycles. The van der Waals surface area contributed by atoms with Crippen molar-refractivity contribution in [3.8, 4) is 22.7 Å². The molecular weight excluding hydrogens is 809 g/mol. The summed E-state index contributed by atoms with van der Waals surface area (Å²) in [5.74, 6) is 0. The summed E-state index contributed by atoms with van der Waals surface area (Å²) in [6, 6.07) is 85.0. The van der Waals surface area contributed by atoms with Gasteiger partial charge in [-0.3, -0.25) is 0 Å². The van der Waals surface area contributed by atoms with Gasteiger partial charge in [-0.2, -0.15) is 0 Å². The topological polar surface area (TPSA) is 19.7 Å². The van der Waals surface area contributed by atoms with Gasteiger partial charge in [0.1, 0.15) is 0 Å². The van der Waals surface area contributed by atoms with Gasteiger partial charge in [-0.25, -0.2) is 0 Å². The number of hydrogen-bond donors (Lipinski definition) is 0. The lowest BCUT2D eigenvalue weighted by Crippen LogP contribution is -2.02. The van der Waals surface area contributed by atoms with Crippen molar-refractivity contribution in [3.05, 3.63) is 231 Å². The summed E-state index contributed by atoms with van der Waals surface area (Å²) in [5.41, 5.74) is 13.6. The fourth-order valence-electron chi connectivity index (χ4n) is 10.6. The van der Waals surface area contributed by atoms with Crippen molar-refractivity contribution < 1.29 is 0 Å². The molecule has 0 unspecified atom stereocenters. The molecule has 10 aromatic carbocycles. The third kappa shape index (κ3) is 5.43. The van der Waals surface area contributed by atoms with Gasteiger partial charge < -0.3 is 18.3 Å². The number of rotatable bonds is 4. The van der Waals surface area contributed by atoms with E-state index in [0.29, 0.717) is 0 Å². The molecule has 0 radical (unpaired) electrons. The monoisotopic (exact) mass is 846 g/mol. The van der Waals surface area contributed by atoms with Crippen LogP contribution in [-0.2, 0) is 0 Å². The molecule has 0 aliphatic heterocycles. The molecular formula is C60H38N4S. The van der Waals surface area contributed by atoms with Gasteiger partial charge in [0.15, 0.2) is 0 Å². The zero-order valence-corrected chi connectivity index (χ0v) is 36.0. The maximum Gasteiger partial charge on any atom is 0.0782 e. The van der Waals surface area contributed by atoms with Crippen LogP contribution in [-0.4, -0.2) is 18.3 Å². The Balaban J connectivity index is 1.15. The van der Waals surface area contributed by atoms with Gasteiger partial charge in [0.05, 0.1) is 33.4 Å². The largest absolute Gasteiger partial charge is 0.308 e. The molecule has 0 aliphatic rings. The van der Waals surface area contributed by atoms with Crippen LogP contribution in [0.3, 0.4) is 0 Å². The Morgan fingerprint density at radius 3 is 1.14 bits per heavy atom. The second-order valence-electron chi connectivity index (χ2n) is 17.0. The first-order valence-corrected chi connectivity index (χ1v) is 23.0. The first kappa shape index (κ1) is 36.1. The molecule has 0 aliphatic carbocycles. The summed E-state index contributed by atoms with van der Waals surface area (Å²) in [7, 11) is 0. The maximum atomic E-state index is 2.47. The Morgan fingerprint density at radius 2 is 0.662 bits per heavy atom. The van der Waals surface area contributed by atoms with Gasteiger partial charge in [-0.05, 0) is 120 Å². The van der Waals surface area contributed by atoms with E-state index in [9.17, 15) is 0 Å². The van der Waals surface area contributed by atoms with Crippen molar-refractivity contribution >= 4 is 108 Å². The molecule has 4 nitrogen and oxygen atoms in total. The third-order valence-corrected chi connectivity index (χ3v) is 14.5. The molecule has 0 spiro atoms. The number of hydrogen-bond acceptors (Lipinski definition) is 1. The van der Waals surface area contributed by atoms with Crippen molar-refractivity contribution in [1.82, 2.24) is 18.3 Å². The normalized spacial score (nSPS) is 12.0. The fraction of sp³-hybridized carbons (Fsp3) is 0. The van der Waals surface area contributed by atoms with Crippen LogP contribution in [0.15, 0.2) is 231 Å². The van der Waals surface area contributed by atoms with Gasteiger partial charge in [-0.15, -0.1) is 11.3 Å². The van der Waals surface area contributed by atoms with E-state index in [1.165, 1.54) is 63.8 Å². The zero-order valence-electron chi connectivity index (χ0n) is 35.1. The van der Waals surface area contributed by atoms with Crippen LogP contribution in [0.5, 0.6) is 0 Å². The summed E-state index contributed by atoms with van der Waals surface area (Å²) in [4.78, 5) is 0. The van der Waals surface area contributed by atoms with E-state index in [4.69, 9.17) is 0 Å². The average molecular weight is 847 g/mol. The van der Waals surface area contributed by atoms with E-state index in [2.05, 4.69) is 249 Å². The molecule has 0 amide bonds. The quantitative estimate of drug-likeness (QED) is 0.168. The van der Waals surface area contributed by atoms with Crippen LogP contribution in [0, 0.1) is 0 Å². The summed E-state index contributed by atoms with van der Waals surface area (Å²) in [6.45, 7) is 0. The highest BCUT2D eigenvalue weighted by Crippen LogP contribution is 2.41. The van der Waals surface area contributed by atoms with E-state index in [0.717, 1.165) is 55.6 Å². The lowest BCUT2D eigenvalue weighted by molar-refractivity contribution is 1.12. The Morgan fingerprint density at radius 1 is 0.262 bits per heavy atom. The maximum absolute atomic E-state index is 2.47. The first-order valence-electron chi connectivity index (χ1n) is 22.2. The molecule has 8 bridgehead atoms. The van der Waals surface area contributed by atoms with E-state index < -0.39 is 0 Å². The standard InChI is InChI=1S/C60H38N4S/c1-3-17-41(18-4-1)63-53-27-9-7-23-47(53)49-25-13-29-55(59(49)63)61-43-21-11-15-39(35-43)40-16-12-22-44(36-40)62(46-32-34-58-52(38-46)51-37-45(61)31-33-57(51)65-58)56-30-14-26-50-48-24-8-10-28-54(48)64(60(50)56)42-19-5-2-6-20-42/h1-38H. The minimum atomic E-state index is 1.09. The van der Waals surface area contributed by atoms with Crippen molar-refractivity contribution in [3.63, 3.8) is 0 Å². The Bertz CT molecular complexity index is 4020. The lowest BCUT2D eigenvalue weighted by atomic mass is 10.1. The number of fused-ring (bicyclic) bond motifs is 13. The lowest BCUT2D eigenvalue weighted by Gasteiger charge is -2.17. The minimum Gasteiger partial charge on any atom is -0.308 e. The van der Waals surface area contributed by atoms with Gasteiger partial charge in [0.2, 0.25) is 0 Å². The average Bonchev–Trinajstić information content (AvgIpc) is 4.03. The number of para-hydroxylation sites is 6. The summed E-state index contributed by atoms with van der Waals surface area (Å²) in [6.07, 6.45) is 0. The molecule has 14 rings (SSSR count). The summed E-state index contributed by atoms with van der Waals surface area (Å²) < 4.78 is 12.4. The van der Waals surface area contributed by atoms with Gasteiger partial charge in [-0.1, -0.05) is 121 Å². The predicted molar refractivity (Wildman–Crippen MR) is 277 cm³/mol. The SMILES string of the molecule is c1ccc(-n2c3ccccc3c3cccc(-n4c5cccc(c5)c5cccc(c5)n(-c5cccc6c7ccccc7n(-c7ccccc7)c56)c5ccc6sc7ccc4cc7c6c5)c32)cc1. The number of nitrogens with zero attached hydrogens (tertiary/aromatic N) is 4. The molecule has 5 heteroatoms. The van der Waals surface area contributed by atoms with Crippen molar-refractivity contribution in [2.45, 2.75) is 0 Å². The molecule has 4 heterocycles. The second kappa shape index (κ2) is 14.1.